The first-order chi connectivity index (χ1) is 15.9. The fourth-order valence-corrected chi connectivity index (χ4v) is 3.82. The topological polar surface area (TPSA) is 87.2 Å². The van der Waals surface area contributed by atoms with Crippen LogP contribution in [0.15, 0.2) is 66.7 Å². The van der Waals surface area contributed by atoms with Crippen LogP contribution < -0.4 is 10.1 Å². The lowest BCUT2D eigenvalue weighted by Gasteiger charge is -2.17. The number of hydrogen-bond donors (Lipinski definition) is 3. The van der Waals surface area contributed by atoms with E-state index in [9.17, 15) is 9.90 Å². The Hall–Kier alpha value is -3.35. The molecule has 0 saturated carbocycles. The van der Waals surface area contributed by atoms with Crippen molar-refractivity contribution in [3.63, 3.8) is 0 Å². The van der Waals surface area contributed by atoms with Crippen LogP contribution in [0.4, 0.5) is 0 Å². The molecule has 0 saturated heterocycles. The molecule has 4 rings (SSSR count). The summed E-state index contributed by atoms with van der Waals surface area (Å²) in [4.78, 5) is 20.6. The van der Waals surface area contributed by atoms with Crippen LogP contribution >= 0.6 is 11.6 Å². The van der Waals surface area contributed by atoms with Gasteiger partial charge in [-0.2, -0.15) is 0 Å². The van der Waals surface area contributed by atoms with Gasteiger partial charge in [0.05, 0.1) is 34.8 Å². The Bertz CT molecular complexity index is 1220. The standard InChI is InChI=1S/C26H26ClN3O3/c1-16(2)33-24-12-11-19(14-21(24)27)26(32)28-20(15-31)13-17-7-9-18(10-8-17)25-29-22-5-3-4-6-23(22)30-25/h3-12,14,16,20,31H,13,15H2,1-2H3,(H,28,32)(H,29,30). The number of ether oxygens (including phenoxy) is 1. The summed E-state index contributed by atoms with van der Waals surface area (Å²) in [5.41, 5.74) is 4.28. The Labute approximate surface area is 197 Å². The maximum absolute atomic E-state index is 12.7. The number of nitrogens with zero attached hydrogens (tertiary/aromatic N) is 1. The van der Waals surface area contributed by atoms with Crippen molar-refractivity contribution in [1.82, 2.24) is 15.3 Å². The number of imidazole rings is 1. The fraction of sp³-hybridized carbons (Fsp3) is 0.231. The zero-order valence-corrected chi connectivity index (χ0v) is 19.3. The van der Waals surface area contributed by atoms with E-state index in [1.165, 1.54) is 0 Å². The van der Waals surface area contributed by atoms with Crippen molar-refractivity contribution in [3.8, 4) is 17.1 Å². The van der Waals surface area contributed by atoms with Crippen LogP contribution in [0.5, 0.6) is 5.75 Å². The second kappa shape index (κ2) is 10.1. The Balaban J connectivity index is 1.41. The number of carbonyl (C=O) groups excluding carboxylic acids is 1. The summed E-state index contributed by atoms with van der Waals surface area (Å²) in [5.74, 6) is 1.04. The summed E-state index contributed by atoms with van der Waals surface area (Å²) in [6, 6.07) is 20.3. The number of benzene rings is 3. The molecule has 0 aliphatic rings. The Morgan fingerprint density at radius 1 is 1.12 bits per heavy atom. The van der Waals surface area contributed by atoms with Crippen LogP contribution in [0.2, 0.25) is 5.02 Å². The number of aromatic amines is 1. The molecule has 33 heavy (non-hydrogen) atoms. The Morgan fingerprint density at radius 3 is 2.55 bits per heavy atom. The van der Waals surface area contributed by atoms with Crippen molar-refractivity contribution in [3.05, 3.63) is 82.9 Å². The Kier molecular flexibility index (Phi) is 6.96. The van der Waals surface area contributed by atoms with Gasteiger partial charge in [-0.3, -0.25) is 4.79 Å². The zero-order chi connectivity index (χ0) is 23.4. The zero-order valence-electron chi connectivity index (χ0n) is 18.5. The average molecular weight is 464 g/mol. The van der Waals surface area contributed by atoms with E-state index in [0.717, 1.165) is 28.0 Å². The highest BCUT2D eigenvalue weighted by Crippen LogP contribution is 2.26. The molecule has 4 aromatic rings. The normalized spacial score (nSPS) is 12.2. The van der Waals surface area contributed by atoms with Gasteiger partial charge in [0.25, 0.3) is 5.91 Å². The van der Waals surface area contributed by atoms with Gasteiger partial charge in [0.1, 0.15) is 11.6 Å². The highest BCUT2D eigenvalue weighted by atomic mass is 35.5. The molecule has 1 unspecified atom stereocenters. The first-order valence-electron chi connectivity index (χ1n) is 10.8. The molecule has 0 fully saturated rings. The second-order valence-corrected chi connectivity index (χ2v) is 8.58. The third-order valence-electron chi connectivity index (χ3n) is 5.21. The lowest BCUT2D eigenvalue weighted by molar-refractivity contribution is 0.0916. The summed E-state index contributed by atoms with van der Waals surface area (Å²) in [5, 5.41) is 13.1. The van der Waals surface area contributed by atoms with E-state index >= 15 is 0 Å². The number of H-pyrrole nitrogens is 1. The average Bonchev–Trinajstić information content (AvgIpc) is 3.24. The van der Waals surface area contributed by atoms with E-state index in [2.05, 4.69) is 15.3 Å². The van der Waals surface area contributed by atoms with Crippen molar-refractivity contribution in [1.29, 1.82) is 0 Å². The van der Waals surface area contributed by atoms with Crippen LogP contribution in [0.25, 0.3) is 22.4 Å². The fourth-order valence-electron chi connectivity index (χ4n) is 3.59. The number of carbonyl (C=O) groups is 1. The lowest BCUT2D eigenvalue weighted by Crippen LogP contribution is -2.39. The number of nitrogens with one attached hydrogen (secondary N) is 2. The van der Waals surface area contributed by atoms with Gasteiger partial charge >= 0.3 is 0 Å². The summed E-state index contributed by atoms with van der Waals surface area (Å²) < 4.78 is 5.61. The van der Waals surface area contributed by atoms with Crippen molar-refractivity contribution >= 4 is 28.5 Å². The largest absolute Gasteiger partial charge is 0.489 e. The number of aliphatic hydroxyl groups is 1. The molecule has 3 N–H and O–H groups in total. The first kappa shape index (κ1) is 22.8. The van der Waals surface area contributed by atoms with Crippen molar-refractivity contribution in [2.24, 2.45) is 0 Å². The first-order valence-corrected chi connectivity index (χ1v) is 11.2. The van der Waals surface area contributed by atoms with Gasteiger partial charge in [-0.25, -0.2) is 4.98 Å². The van der Waals surface area contributed by atoms with Gasteiger partial charge in [-0.1, -0.05) is 48.0 Å². The summed E-state index contributed by atoms with van der Waals surface area (Å²) >= 11 is 6.25. The molecular formula is C26H26ClN3O3. The number of aromatic nitrogens is 2. The summed E-state index contributed by atoms with van der Waals surface area (Å²) in [7, 11) is 0. The maximum atomic E-state index is 12.7. The highest BCUT2D eigenvalue weighted by molar-refractivity contribution is 6.32. The molecule has 0 spiro atoms. The molecule has 0 radical (unpaired) electrons. The number of fused-ring (bicyclic) bond motifs is 1. The van der Waals surface area contributed by atoms with Gasteiger partial charge < -0.3 is 20.1 Å². The van der Waals surface area contributed by atoms with E-state index in [1.54, 1.807) is 18.2 Å². The number of hydrogen-bond acceptors (Lipinski definition) is 4. The number of amides is 1. The minimum absolute atomic E-state index is 0.0147. The molecule has 0 bridgehead atoms. The van der Waals surface area contributed by atoms with E-state index < -0.39 is 6.04 Å². The van der Waals surface area contributed by atoms with Crippen molar-refractivity contribution in [2.45, 2.75) is 32.4 Å². The second-order valence-electron chi connectivity index (χ2n) is 8.17. The van der Waals surface area contributed by atoms with Gasteiger partial charge in [0.2, 0.25) is 0 Å². The van der Waals surface area contributed by atoms with Crippen LogP contribution in [-0.2, 0) is 6.42 Å². The predicted octanol–water partition coefficient (Wildman–Crippen LogP) is 5.00. The lowest BCUT2D eigenvalue weighted by atomic mass is 10.0. The SMILES string of the molecule is CC(C)Oc1ccc(C(=O)NC(CO)Cc2ccc(-c3nc4ccccc4[nH]3)cc2)cc1Cl. The summed E-state index contributed by atoms with van der Waals surface area (Å²) in [6.45, 7) is 3.64. The monoisotopic (exact) mass is 463 g/mol. The number of para-hydroxylation sites is 2. The van der Waals surface area contributed by atoms with Crippen LogP contribution in [0, 0.1) is 0 Å². The molecule has 1 atom stereocenters. The van der Waals surface area contributed by atoms with Gasteiger partial charge in [0, 0.05) is 11.1 Å². The predicted molar refractivity (Wildman–Crippen MR) is 131 cm³/mol. The number of rotatable bonds is 8. The molecular weight excluding hydrogens is 438 g/mol. The molecule has 1 amide bonds. The van der Waals surface area contributed by atoms with E-state index in [1.807, 2.05) is 62.4 Å². The molecule has 170 valence electrons. The minimum Gasteiger partial charge on any atom is -0.489 e. The van der Waals surface area contributed by atoms with Crippen LogP contribution in [0.1, 0.15) is 29.8 Å². The van der Waals surface area contributed by atoms with Crippen LogP contribution in [0.3, 0.4) is 0 Å². The van der Waals surface area contributed by atoms with Crippen molar-refractivity contribution < 1.29 is 14.6 Å². The van der Waals surface area contributed by atoms with Crippen molar-refractivity contribution in [2.75, 3.05) is 6.61 Å². The molecule has 1 heterocycles. The number of halogens is 1. The molecule has 3 aromatic carbocycles. The molecule has 0 aliphatic heterocycles. The molecule has 0 aliphatic carbocycles. The van der Waals surface area contributed by atoms with Gasteiger partial charge in [0.15, 0.2) is 0 Å². The third-order valence-corrected chi connectivity index (χ3v) is 5.51. The molecule has 6 nitrogen and oxygen atoms in total. The highest BCUT2D eigenvalue weighted by Gasteiger charge is 2.16. The Morgan fingerprint density at radius 2 is 1.88 bits per heavy atom. The molecule has 1 aromatic heterocycles. The van der Waals surface area contributed by atoms with Crippen LogP contribution in [-0.4, -0.2) is 39.7 Å². The third kappa shape index (κ3) is 5.53. The van der Waals surface area contributed by atoms with E-state index in [-0.39, 0.29) is 18.6 Å². The van der Waals surface area contributed by atoms with E-state index in [4.69, 9.17) is 16.3 Å². The van der Waals surface area contributed by atoms with Gasteiger partial charge in [-0.15, -0.1) is 0 Å². The smallest absolute Gasteiger partial charge is 0.251 e. The number of aliphatic hydroxyl groups excluding tert-OH is 1. The quantitative estimate of drug-likeness (QED) is 0.343. The molecule has 7 heteroatoms. The minimum atomic E-state index is -0.431. The maximum Gasteiger partial charge on any atom is 0.251 e. The van der Waals surface area contributed by atoms with Gasteiger partial charge in [-0.05, 0) is 56.2 Å². The summed E-state index contributed by atoms with van der Waals surface area (Å²) in [6.07, 6.45) is 0.476. The van der Waals surface area contributed by atoms with E-state index in [0.29, 0.717) is 22.8 Å².